The Balaban J connectivity index is 2.61. The van der Waals surface area contributed by atoms with E-state index in [2.05, 4.69) is 5.32 Å². The van der Waals surface area contributed by atoms with E-state index in [1.54, 1.807) is 18.2 Å². The number of nitrogens with zero attached hydrogens (tertiary/aromatic N) is 1. The topological polar surface area (TPSA) is 71.3 Å². The maximum Gasteiger partial charge on any atom is 0.251 e. The summed E-state index contributed by atoms with van der Waals surface area (Å²) in [4.78, 5) is 11.8. The van der Waals surface area contributed by atoms with Gasteiger partial charge in [-0.1, -0.05) is 12.1 Å². The van der Waals surface area contributed by atoms with Crippen LogP contribution in [0.25, 0.3) is 0 Å². The molecule has 0 saturated carbocycles. The fourth-order valence-corrected chi connectivity index (χ4v) is 1.45. The molecule has 1 rings (SSSR count). The van der Waals surface area contributed by atoms with Crippen LogP contribution in [-0.4, -0.2) is 33.0 Å². The predicted molar refractivity (Wildman–Crippen MR) is 65.9 cm³/mol. The van der Waals surface area contributed by atoms with E-state index in [1.807, 2.05) is 12.1 Å². The number of hydrogen-bond donors (Lipinski definition) is 1. The number of ether oxygens (including phenoxy) is 2. The summed E-state index contributed by atoms with van der Waals surface area (Å²) in [5.74, 6) is -0.214. The Morgan fingerprint density at radius 3 is 2.78 bits per heavy atom. The van der Waals surface area contributed by atoms with Crippen LogP contribution in [0.2, 0.25) is 0 Å². The third-order valence-electron chi connectivity index (χ3n) is 2.43. The summed E-state index contributed by atoms with van der Waals surface area (Å²) in [6, 6.07) is 9.02. The van der Waals surface area contributed by atoms with Gasteiger partial charge in [0.15, 0.2) is 6.29 Å². The standard InChI is InChI=1S/C13H16N2O3/c1-17-12(18-2)9-15-13(16)11-5-3-4-10(8-11)6-7-14/h3-5,8,12H,6,9H2,1-2H3,(H,15,16). The summed E-state index contributed by atoms with van der Waals surface area (Å²) in [6.45, 7) is 0.272. The van der Waals surface area contributed by atoms with Crippen LogP contribution in [0.15, 0.2) is 24.3 Å². The van der Waals surface area contributed by atoms with Crippen molar-refractivity contribution < 1.29 is 14.3 Å². The molecule has 0 saturated heterocycles. The first kappa shape index (κ1) is 14.2. The molecular weight excluding hydrogens is 232 g/mol. The summed E-state index contributed by atoms with van der Waals surface area (Å²) in [5, 5.41) is 11.3. The average Bonchev–Trinajstić information content (AvgIpc) is 2.40. The molecule has 0 bridgehead atoms. The molecule has 0 spiro atoms. The van der Waals surface area contributed by atoms with Crippen LogP contribution in [0, 0.1) is 11.3 Å². The Bertz CT molecular complexity index is 436. The molecule has 0 unspecified atom stereocenters. The molecule has 5 heteroatoms. The molecule has 18 heavy (non-hydrogen) atoms. The number of nitrogens with one attached hydrogen (secondary N) is 1. The molecule has 1 aromatic carbocycles. The highest BCUT2D eigenvalue weighted by Gasteiger charge is 2.10. The smallest absolute Gasteiger partial charge is 0.251 e. The minimum Gasteiger partial charge on any atom is -0.354 e. The lowest BCUT2D eigenvalue weighted by Gasteiger charge is -2.14. The molecule has 0 aliphatic carbocycles. The second-order valence-corrected chi connectivity index (χ2v) is 3.65. The van der Waals surface area contributed by atoms with Gasteiger partial charge in [-0.2, -0.15) is 5.26 Å². The first-order valence-electron chi connectivity index (χ1n) is 5.51. The Labute approximate surface area is 106 Å². The molecule has 0 radical (unpaired) electrons. The molecule has 0 atom stereocenters. The Hall–Kier alpha value is -1.90. The predicted octanol–water partition coefficient (Wildman–Crippen LogP) is 1.10. The minimum atomic E-state index is -0.462. The number of methoxy groups -OCH3 is 2. The highest BCUT2D eigenvalue weighted by atomic mass is 16.7. The van der Waals surface area contributed by atoms with Crippen molar-refractivity contribution in [2.24, 2.45) is 0 Å². The van der Waals surface area contributed by atoms with Crippen LogP contribution >= 0.6 is 0 Å². The maximum absolute atomic E-state index is 11.8. The van der Waals surface area contributed by atoms with Gasteiger partial charge in [-0.05, 0) is 17.7 Å². The van der Waals surface area contributed by atoms with Crippen LogP contribution < -0.4 is 5.32 Å². The number of nitriles is 1. The van der Waals surface area contributed by atoms with E-state index in [-0.39, 0.29) is 12.5 Å². The molecule has 0 fully saturated rings. The molecular formula is C13H16N2O3. The van der Waals surface area contributed by atoms with E-state index >= 15 is 0 Å². The monoisotopic (exact) mass is 248 g/mol. The van der Waals surface area contributed by atoms with Crippen molar-refractivity contribution in [2.75, 3.05) is 20.8 Å². The van der Waals surface area contributed by atoms with E-state index in [0.29, 0.717) is 12.0 Å². The Kier molecular flexibility index (Phi) is 5.85. The van der Waals surface area contributed by atoms with Crippen LogP contribution in [0.4, 0.5) is 0 Å². The van der Waals surface area contributed by atoms with Gasteiger partial charge in [-0.3, -0.25) is 4.79 Å². The van der Waals surface area contributed by atoms with Crippen LogP contribution in [0.3, 0.4) is 0 Å². The molecule has 0 aliphatic rings. The molecule has 0 aliphatic heterocycles. The summed E-state index contributed by atoms with van der Waals surface area (Å²) in [6.07, 6.45) is -0.170. The number of carbonyl (C=O) groups excluding carboxylic acids is 1. The zero-order valence-corrected chi connectivity index (χ0v) is 10.5. The fourth-order valence-electron chi connectivity index (χ4n) is 1.45. The van der Waals surface area contributed by atoms with Crippen molar-refractivity contribution in [3.8, 4) is 6.07 Å². The van der Waals surface area contributed by atoms with Gasteiger partial charge in [0, 0.05) is 19.8 Å². The van der Waals surface area contributed by atoms with E-state index in [9.17, 15) is 4.79 Å². The third-order valence-corrected chi connectivity index (χ3v) is 2.43. The zero-order valence-electron chi connectivity index (χ0n) is 10.5. The molecule has 5 nitrogen and oxygen atoms in total. The second-order valence-electron chi connectivity index (χ2n) is 3.65. The molecule has 1 amide bonds. The largest absolute Gasteiger partial charge is 0.354 e. The number of carbonyl (C=O) groups is 1. The number of amides is 1. The van der Waals surface area contributed by atoms with Crippen molar-refractivity contribution in [3.63, 3.8) is 0 Å². The van der Waals surface area contributed by atoms with E-state index in [1.165, 1.54) is 14.2 Å². The van der Waals surface area contributed by atoms with Crippen molar-refractivity contribution in [1.82, 2.24) is 5.32 Å². The lowest BCUT2D eigenvalue weighted by Crippen LogP contribution is -2.34. The van der Waals surface area contributed by atoms with Gasteiger partial charge in [-0.15, -0.1) is 0 Å². The van der Waals surface area contributed by atoms with E-state index in [0.717, 1.165) is 5.56 Å². The van der Waals surface area contributed by atoms with Gasteiger partial charge >= 0.3 is 0 Å². The highest BCUT2D eigenvalue weighted by molar-refractivity contribution is 5.94. The molecule has 1 aromatic rings. The van der Waals surface area contributed by atoms with Gasteiger partial charge in [-0.25, -0.2) is 0 Å². The van der Waals surface area contributed by atoms with Gasteiger partial charge in [0.2, 0.25) is 0 Å². The summed E-state index contributed by atoms with van der Waals surface area (Å²) >= 11 is 0. The van der Waals surface area contributed by atoms with Gasteiger partial charge in [0.25, 0.3) is 5.91 Å². The van der Waals surface area contributed by atoms with Crippen LogP contribution in [0.5, 0.6) is 0 Å². The SMILES string of the molecule is COC(CNC(=O)c1cccc(CC#N)c1)OC. The normalized spacial score (nSPS) is 10.1. The number of hydrogen-bond acceptors (Lipinski definition) is 4. The molecule has 0 heterocycles. The Morgan fingerprint density at radius 1 is 1.44 bits per heavy atom. The summed E-state index contributed by atoms with van der Waals surface area (Å²) < 4.78 is 9.94. The maximum atomic E-state index is 11.8. The lowest BCUT2D eigenvalue weighted by molar-refractivity contribution is -0.0974. The van der Waals surface area contributed by atoms with E-state index < -0.39 is 6.29 Å². The van der Waals surface area contributed by atoms with Crippen LogP contribution in [0.1, 0.15) is 15.9 Å². The molecule has 0 aromatic heterocycles. The van der Waals surface area contributed by atoms with Crippen LogP contribution in [-0.2, 0) is 15.9 Å². The Morgan fingerprint density at radius 2 is 2.17 bits per heavy atom. The van der Waals surface area contributed by atoms with Crippen molar-refractivity contribution in [3.05, 3.63) is 35.4 Å². The molecule has 1 N–H and O–H groups in total. The number of rotatable bonds is 6. The van der Waals surface area contributed by atoms with Gasteiger partial charge in [0.05, 0.1) is 19.0 Å². The van der Waals surface area contributed by atoms with Crippen molar-refractivity contribution in [1.29, 1.82) is 5.26 Å². The van der Waals surface area contributed by atoms with Crippen molar-refractivity contribution in [2.45, 2.75) is 12.7 Å². The molecule has 96 valence electrons. The van der Waals surface area contributed by atoms with Crippen molar-refractivity contribution >= 4 is 5.91 Å². The van der Waals surface area contributed by atoms with Gasteiger partial charge in [0.1, 0.15) is 0 Å². The summed E-state index contributed by atoms with van der Waals surface area (Å²) in [5.41, 5.74) is 1.34. The average molecular weight is 248 g/mol. The van der Waals surface area contributed by atoms with Gasteiger partial charge < -0.3 is 14.8 Å². The first-order chi connectivity index (χ1) is 8.71. The quantitative estimate of drug-likeness (QED) is 0.765. The highest BCUT2D eigenvalue weighted by Crippen LogP contribution is 2.05. The lowest BCUT2D eigenvalue weighted by atomic mass is 10.1. The minimum absolute atomic E-state index is 0.214. The second kappa shape index (κ2) is 7.43. The fraction of sp³-hybridized carbons (Fsp3) is 0.385. The first-order valence-corrected chi connectivity index (χ1v) is 5.51. The zero-order chi connectivity index (χ0) is 13.4. The van der Waals surface area contributed by atoms with E-state index in [4.69, 9.17) is 14.7 Å². The number of benzene rings is 1. The third kappa shape index (κ3) is 4.17. The summed E-state index contributed by atoms with van der Waals surface area (Å²) in [7, 11) is 3.02.